The largest absolute Gasteiger partial charge is 0.383 e. The van der Waals surface area contributed by atoms with Crippen molar-refractivity contribution in [1.29, 1.82) is 0 Å². The standard InChI is InChI=1S/C25H26FN7O3/c1-15-12-18(8-9-20(15)26)31-25(35)30-17-6-4-16(5-7-17)21-19(24(34)32(2)10-11-36-3)13-33-22(21)23(27)28-14-29-33/h4-9,12-14H,10-11H2,1-3H3,(H2,27,28,29)(H2,30,31,35). The van der Waals surface area contributed by atoms with E-state index in [2.05, 4.69) is 20.7 Å². The molecule has 3 amide bonds. The zero-order valence-electron chi connectivity index (χ0n) is 20.1. The molecule has 2 aromatic carbocycles. The second-order valence-corrected chi connectivity index (χ2v) is 8.20. The summed E-state index contributed by atoms with van der Waals surface area (Å²) in [5.41, 5.74) is 9.76. The van der Waals surface area contributed by atoms with E-state index in [1.807, 2.05) is 0 Å². The van der Waals surface area contributed by atoms with Gasteiger partial charge in [0.25, 0.3) is 5.91 Å². The molecule has 0 radical (unpaired) electrons. The minimum Gasteiger partial charge on any atom is -0.383 e. The maximum atomic E-state index is 13.5. The summed E-state index contributed by atoms with van der Waals surface area (Å²) < 4.78 is 20.1. The highest BCUT2D eigenvalue weighted by Gasteiger charge is 2.23. The zero-order valence-corrected chi connectivity index (χ0v) is 20.1. The van der Waals surface area contributed by atoms with Crippen LogP contribution in [0.2, 0.25) is 0 Å². The zero-order chi connectivity index (χ0) is 25.8. The minimum atomic E-state index is -0.476. The molecule has 0 spiro atoms. The third-order valence-corrected chi connectivity index (χ3v) is 5.66. The van der Waals surface area contributed by atoms with Gasteiger partial charge >= 0.3 is 6.03 Å². The van der Waals surface area contributed by atoms with Crippen LogP contribution in [0.25, 0.3) is 16.6 Å². The number of halogens is 1. The number of likely N-dealkylation sites (N-methyl/N-ethyl adjacent to an activating group) is 1. The van der Waals surface area contributed by atoms with E-state index in [0.29, 0.717) is 52.3 Å². The minimum absolute atomic E-state index is 0.219. The lowest BCUT2D eigenvalue weighted by Gasteiger charge is -2.17. The number of anilines is 3. The number of urea groups is 1. The van der Waals surface area contributed by atoms with Crippen LogP contribution in [0.4, 0.5) is 26.4 Å². The maximum absolute atomic E-state index is 13.5. The Hall–Kier alpha value is -4.51. The molecule has 0 atom stereocenters. The normalized spacial score (nSPS) is 10.9. The van der Waals surface area contributed by atoms with Crippen molar-refractivity contribution in [1.82, 2.24) is 19.5 Å². The van der Waals surface area contributed by atoms with Gasteiger partial charge in [0.2, 0.25) is 0 Å². The molecule has 36 heavy (non-hydrogen) atoms. The fourth-order valence-corrected chi connectivity index (χ4v) is 3.76. The first-order valence-corrected chi connectivity index (χ1v) is 11.1. The summed E-state index contributed by atoms with van der Waals surface area (Å²) in [6, 6.07) is 10.8. The molecule has 0 saturated heterocycles. The molecule has 2 heterocycles. The number of benzene rings is 2. The molecule has 2 aromatic heterocycles. The quantitative estimate of drug-likeness (QED) is 0.361. The van der Waals surface area contributed by atoms with Crippen LogP contribution in [-0.2, 0) is 4.74 Å². The van der Waals surface area contributed by atoms with Crippen molar-refractivity contribution in [2.45, 2.75) is 6.92 Å². The van der Waals surface area contributed by atoms with Crippen LogP contribution in [0.15, 0.2) is 55.0 Å². The molecule has 186 valence electrons. The number of aryl methyl sites for hydroxylation is 1. The van der Waals surface area contributed by atoms with Gasteiger partial charge in [-0.2, -0.15) is 5.10 Å². The van der Waals surface area contributed by atoms with Crippen LogP contribution in [0.3, 0.4) is 0 Å². The predicted molar refractivity (Wildman–Crippen MR) is 135 cm³/mol. The van der Waals surface area contributed by atoms with E-state index in [9.17, 15) is 14.0 Å². The van der Waals surface area contributed by atoms with Gasteiger partial charge in [0.05, 0.1) is 12.2 Å². The first-order chi connectivity index (χ1) is 17.3. The molecular formula is C25H26FN7O3. The van der Waals surface area contributed by atoms with Crippen LogP contribution in [0.1, 0.15) is 15.9 Å². The molecule has 0 fully saturated rings. The SMILES string of the molecule is COCCN(C)C(=O)c1cn2ncnc(N)c2c1-c1ccc(NC(=O)Nc2ccc(F)c(C)c2)cc1. The molecule has 0 bridgehead atoms. The summed E-state index contributed by atoms with van der Waals surface area (Å²) in [6.07, 6.45) is 2.95. The molecule has 11 heteroatoms. The molecule has 0 aliphatic rings. The van der Waals surface area contributed by atoms with Gasteiger partial charge in [0.1, 0.15) is 17.7 Å². The van der Waals surface area contributed by atoms with E-state index in [1.165, 1.54) is 23.0 Å². The van der Waals surface area contributed by atoms with Crippen molar-refractivity contribution >= 4 is 34.6 Å². The highest BCUT2D eigenvalue weighted by molar-refractivity contribution is 6.07. The molecule has 0 unspecified atom stereocenters. The topological polar surface area (TPSA) is 127 Å². The molecule has 4 N–H and O–H groups in total. The third kappa shape index (κ3) is 5.10. The molecular weight excluding hydrogens is 465 g/mol. The van der Waals surface area contributed by atoms with Crippen molar-refractivity contribution in [3.63, 3.8) is 0 Å². The number of nitrogen functional groups attached to an aromatic ring is 1. The number of ether oxygens (including phenoxy) is 1. The Morgan fingerprint density at radius 2 is 1.83 bits per heavy atom. The van der Waals surface area contributed by atoms with Crippen molar-refractivity contribution in [3.05, 3.63) is 71.9 Å². The van der Waals surface area contributed by atoms with Crippen LogP contribution in [-0.4, -0.2) is 58.7 Å². The van der Waals surface area contributed by atoms with Gasteiger partial charge in [0, 0.05) is 43.8 Å². The smallest absolute Gasteiger partial charge is 0.323 e. The summed E-state index contributed by atoms with van der Waals surface area (Å²) in [7, 11) is 3.26. The fourth-order valence-electron chi connectivity index (χ4n) is 3.76. The molecule has 0 aliphatic heterocycles. The van der Waals surface area contributed by atoms with Crippen LogP contribution < -0.4 is 16.4 Å². The van der Waals surface area contributed by atoms with Crippen molar-refractivity contribution in [3.8, 4) is 11.1 Å². The monoisotopic (exact) mass is 491 g/mol. The lowest BCUT2D eigenvalue weighted by molar-refractivity contribution is 0.0745. The Morgan fingerprint density at radius 1 is 1.14 bits per heavy atom. The first kappa shape index (κ1) is 24.6. The lowest BCUT2D eigenvalue weighted by atomic mass is 10.0. The maximum Gasteiger partial charge on any atom is 0.323 e. The summed E-state index contributed by atoms with van der Waals surface area (Å²) in [5, 5.41) is 9.61. The Morgan fingerprint density at radius 3 is 2.53 bits per heavy atom. The number of nitrogens with zero attached hydrogens (tertiary/aromatic N) is 4. The second kappa shape index (κ2) is 10.4. The third-order valence-electron chi connectivity index (χ3n) is 5.66. The molecule has 10 nitrogen and oxygen atoms in total. The van der Waals surface area contributed by atoms with E-state index in [-0.39, 0.29) is 17.5 Å². The number of rotatable bonds is 7. The Kier molecular flexibility index (Phi) is 7.11. The number of fused-ring (bicyclic) bond motifs is 1. The van der Waals surface area contributed by atoms with Gasteiger partial charge in [0.15, 0.2) is 5.82 Å². The first-order valence-electron chi connectivity index (χ1n) is 11.1. The van der Waals surface area contributed by atoms with Crippen molar-refractivity contribution in [2.75, 3.05) is 43.7 Å². The molecule has 0 saturated carbocycles. The Bertz CT molecular complexity index is 1420. The molecule has 0 aliphatic carbocycles. The van der Waals surface area contributed by atoms with Crippen LogP contribution in [0, 0.1) is 12.7 Å². The van der Waals surface area contributed by atoms with Gasteiger partial charge in [-0.15, -0.1) is 0 Å². The number of methoxy groups -OCH3 is 1. The highest BCUT2D eigenvalue weighted by atomic mass is 19.1. The number of aromatic nitrogens is 3. The number of amides is 3. The Balaban J connectivity index is 1.61. The Labute approximate surface area is 206 Å². The van der Waals surface area contributed by atoms with Gasteiger partial charge in [-0.05, 0) is 48.4 Å². The van der Waals surface area contributed by atoms with Gasteiger partial charge in [-0.3, -0.25) is 4.79 Å². The summed E-state index contributed by atoms with van der Waals surface area (Å²) >= 11 is 0. The molecule has 4 rings (SSSR count). The average molecular weight is 492 g/mol. The van der Waals surface area contributed by atoms with E-state index >= 15 is 0 Å². The van der Waals surface area contributed by atoms with Crippen LogP contribution in [0.5, 0.6) is 0 Å². The van der Waals surface area contributed by atoms with Gasteiger partial charge in [-0.1, -0.05) is 12.1 Å². The van der Waals surface area contributed by atoms with E-state index in [0.717, 1.165) is 0 Å². The average Bonchev–Trinajstić information content (AvgIpc) is 3.25. The molecule has 4 aromatic rings. The number of hydrogen-bond acceptors (Lipinski definition) is 6. The van der Waals surface area contributed by atoms with Crippen LogP contribution >= 0.6 is 0 Å². The van der Waals surface area contributed by atoms with E-state index in [4.69, 9.17) is 10.5 Å². The van der Waals surface area contributed by atoms with E-state index in [1.54, 1.807) is 62.5 Å². The number of carbonyl (C=O) groups is 2. The predicted octanol–water partition coefficient (Wildman–Crippen LogP) is 3.79. The number of hydrogen-bond donors (Lipinski definition) is 3. The van der Waals surface area contributed by atoms with E-state index < -0.39 is 6.03 Å². The lowest BCUT2D eigenvalue weighted by Crippen LogP contribution is -2.30. The van der Waals surface area contributed by atoms with Crippen molar-refractivity contribution in [2.24, 2.45) is 0 Å². The number of nitrogens with two attached hydrogens (primary N) is 1. The fraction of sp³-hybridized carbons (Fsp3) is 0.200. The van der Waals surface area contributed by atoms with Crippen molar-refractivity contribution < 1.29 is 18.7 Å². The van der Waals surface area contributed by atoms with Gasteiger partial charge in [-0.25, -0.2) is 18.7 Å². The number of carbonyl (C=O) groups excluding carboxylic acids is 2. The highest BCUT2D eigenvalue weighted by Crippen LogP contribution is 2.33. The second-order valence-electron chi connectivity index (χ2n) is 8.20. The summed E-state index contributed by atoms with van der Waals surface area (Å²) in [6.45, 7) is 2.43. The van der Waals surface area contributed by atoms with Gasteiger partial charge < -0.3 is 26.0 Å². The number of nitrogens with one attached hydrogen (secondary N) is 2. The summed E-state index contributed by atoms with van der Waals surface area (Å²) in [5.74, 6) is -0.332. The summed E-state index contributed by atoms with van der Waals surface area (Å²) in [4.78, 5) is 31.3.